The summed E-state index contributed by atoms with van der Waals surface area (Å²) < 4.78 is 0. The molecule has 3 heterocycles. The highest BCUT2D eigenvalue weighted by Gasteiger charge is 2.26. The number of rotatable bonds is 2. The maximum absolute atomic E-state index is 10.9. The predicted molar refractivity (Wildman–Crippen MR) is 78.0 cm³/mol. The van der Waals surface area contributed by atoms with Crippen molar-refractivity contribution in [3.05, 3.63) is 22.5 Å². The molecule has 20 heavy (non-hydrogen) atoms. The summed E-state index contributed by atoms with van der Waals surface area (Å²) in [6.07, 6.45) is 2.37. The number of hydrogen-bond acceptors (Lipinski definition) is 7. The Morgan fingerprint density at radius 1 is 1.55 bits per heavy atom. The first kappa shape index (κ1) is 13.2. The second-order valence-electron chi connectivity index (χ2n) is 5.13. The van der Waals surface area contributed by atoms with Crippen LogP contribution in [0.25, 0.3) is 10.2 Å². The van der Waals surface area contributed by atoms with Crippen LogP contribution in [0.3, 0.4) is 0 Å². The van der Waals surface area contributed by atoms with Gasteiger partial charge in [0.05, 0.1) is 10.3 Å². The molecule has 3 rings (SSSR count). The lowest BCUT2D eigenvalue weighted by Gasteiger charge is -2.35. The normalized spacial score (nSPS) is 23.2. The van der Waals surface area contributed by atoms with Crippen LogP contribution in [0.15, 0.2) is 12.4 Å². The lowest BCUT2D eigenvalue weighted by atomic mass is 9.95. The van der Waals surface area contributed by atoms with Gasteiger partial charge in [0.25, 0.3) is 0 Å². The Morgan fingerprint density at radius 3 is 3.05 bits per heavy atom. The van der Waals surface area contributed by atoms with E-state index in [0.717, 1.165) is 42.1 Å². The zero-order valence-corrected chi connectivity index (χ0v) is 11.8. The molecule has 0 bridgehead atoms. The number of nitrogens with zero attached hydrogens (tertiary/aromatic N) is 4. The summed E-state index contributed by atoms with van der Waals surface area (Å²) in [5.74, 6) is 1.15. The van der Waals surface area contributed by atoms with Gasteiger partial charge >= 0.3 is 5.00 Å². The number of nitro groups is 1. The number of nitrogens with two attached hydrogens (primary N) is 1. The monoisotopic (exact) mass is 293 g/mol. The van der Waals surface area contributed by atoms with Gasteiger partial charge in [-0.2, -0.15) is 0 Å². The topological polar surface area (TPSA) is 98.2 Å². The minimum absolute atomic E-state index is 0.100. The average Bonchev–Trinajstić information content (AvgIpc) is 2.86. The quantitative estimate of drug-likeness (QED) is 0.669. The molecule has 2 unspecified atom stereocenters. The van der Waals surface area contributed by atoms with Gasteiger partial charge in [0.1, 0.15) is 17.0 Å². The molecule has 106 valence electrons. The molecule has 1 saturated heterocycles. The van der Waals surface area contributed by atoms with Crippen LogP contribution < -0.4 is 10.6 Å². The zero-order chi connectivity index (χ0) is 14.3. The molecule has 0 spiro atoms. The summed E-state index contributed by atoms with van der Waals surface area (Å²) in [6.45, 7) is 3.75. The molecule has 7 nitrogen and oxygen atoms in total. The molecule has 0 amide bonds. The molecule has 0 radical (unpaired) electrons. The van der Waals surface area contributed by atoms with Crippen LogP contribution in [0.1, 0.15) is 13.3 Å². The molecule has 0 aromatic carbocycles. The van der Waals surface area contributed by atoms with Crippen LogP contribution in [0.5, 0.6) is 0 Å². The molecule has 0 saturated carbocycles. The first-order valence-electron chi connectivity index (χ1n) is 6.45. The summed E-state index contributed by atoms with van der Waals surface area (Å²) in [6, 6.07) is 1.77. The van der Waals surface area contributed by atoms with Crippen molar-refractivity contribution < 1.29 is 4.92 Å². The fourth-order valence-corrected chi connectivity index (χ4v) is 3.34. The number of fused-ring (bicyclic) bond motifs is 1. The van der Waals surface area contributed by atoms with Crippen LogP contribution in [-0.2, 0) is 0 Å². The summed E-state index contributed by atoms with van der Waals surface area (Å²) in [5.41, 5.74) is 6.03. The second-order valence-corrected chi connectivity index (χ2v) is 6.14. The number of thiophene rings is 1. The van der Waals surface area contributed by atoms with Crippen LogP contribution in [0.2, 0.25) is 0 Å². The van der Waals surface area contributed by atoms with Gasteiger partial charge in [0, 0.05) is 25.2 Å². The molecule has 2 atom stereocenters. The molecule has 2 N–H and O–H groups in total. The third-order valence-corrected chi connectivity index (χ3v) is 4.74. The lowest BCUT2D eigenvalue weighted by molar-refractivity contribution is -0.380. The van der Waals surface area contributed by atoms with Gasteiger partial charge in [-0.25, -0.2) is 9.97 Å². The molecule has 1 aliphatic heterocycles. The van der Waals surface area contributed by atoms with Crippen LogP contribution in [0, 0.1) is 16.0 Å². The molecular weight excluding hydrogens is 278 g/mol. The lowest BCUT2D eigenvalue weighted by Crippen LogP contribution is -2.46. The van der Waals surface area contributed by atoms with E-state index in [1.165, 1.54) is 6.33 Å². The van der Waals surface area contributed by atoms with Gasteiger partial charge in [0.15, 0.2) is 0 Å². The Hall–Kier alpha value is -1.80. The van der Waals surface area contributed by atoms with Crippen LogP contribution >= 0.6 is 11.3 Å². The summed E-state index contributed by atoms with van der Waals surface area (Å²) in [4.78, 5) is 21.8. The van der Waals surface area contributed by atoms with Gasteiger partial charge in [-0.15, -0.1) is 0 Å². The van der Waals surface area contributed by atoms with E-state index >= 15 is 0 Å². The Morgan fingerprint density at radius 2 is 2.35 bits per heavy atom. The van der Waals surface area contributed by atoms with Gasteiger partial charge < -0.3 is 10.6 Å². The molecule has 2 aromatic rings. The van der Waals surface area contributed by atoms with Crippen molar-refractivity contribution in [1.82, 2.24) is 9.97 Å². The third kappa shape index (κ3) is 2.20. The van der Waals surface area contributed by atoms with Crippen molar-refractivity contribution in [2.24, 2.45) is 11.7 Å². The van der Waals surface area contributed by atoms with E-state index in [1.54, 1.807) is 6.07 Å². The first-order valence-corrected chi connectivity index (χ1v) is 7.27. The SMILES string of the molecule is CC1CN(c2ncnc3sc([N+](=O)[O-])cc23)CCC1N. The van der Waals surface area contributed by atoms with E-state index in [1.807, 2.05) is 0 Å². The highest BCUT2D eigenvalue weighted by atomic mass is 32.1. The van der Waals surface area contributed by atoms with Crippen LogP contribution in [0.4, 0.5) is 10.8 Å². The van der Waals surface area contributed by atoms with Gasteiger partial charge in [-0.05, 0) is 23.7 Å². The fourth-order valence-electron chi connectivity index (χ4n) is 2.53. The minimum atomic E-state index is -0.384. The Kier molecular flexibility index (Phi) is 3.27. The molecular formula is C12H15N5O2S. The van der Waals surface area contributed by atoms with Crippen molar-refractivity contribution in [3.63, 3.8) is 0 Å². The smallest absolute Gasteiger partial charge is 0.326 e. The number of hydrogen-bond donors (Lipinski definition) is 1. The van der Waals surface area contributed by atoms with Crippen molar-refractivity contribution >= 4 is 32.4 Å². The van der Waals surface area contributed by atoms with E-state index in [2.05, 4.69) is 21.8 Å². The van der Waals surface area contributed by atoms with Crippen molar-refractivity contribution in [3.8, 4) is 0 Å². The van der Waals surface area contributed by atoms with Gasteiger partial charge in [-0.3, -0.25) is 10.1 Å². The van der Waals surface area contributed by atoms with Crippen LogP contribution in [-0.4, -0.2) is 34.0 Å². The zero-order valence-electron chi connectivity index (χ0n) is 11.0. The maximum atomic E-state index is 10.9. The molecule has 0 aliphatic carbocycles. The highest BCUT2D eigenvalue weighted by Crippen LogP contribution is 2.35. The largest absolute Gasteiger partial charge is 0.356 e. The molecule has 2 aromatic heterocycles. The van der Waals surface area contributed by atoms with Crippen molar-refractivity contribution in [1.29, 1.82) is 0 Å². The summed E-state index contributed by atoms with van der Waals surface area (Å²) >= 11 is 1.08. The second kappa shape index (κ2) is 4.95. The Bertz CT molecular complexity index is 658. The minimum Gasteiger partial charge on any atom is -0.356 e. The van der Waals surface area contributed by atoms with E-state index in [-0.39, 0.29) is 16.0 Å². The standard InChI is InChI=1S/C12H15N5O2S/c1-7-5-16(3-2-9(7)13)11-8-4-10(17(18)19)20-12(8)15-6-14-11/h4,6-7,9H,2-3,5,13H2,1H3. The number of piperidine rings is 1. The number of aromatic nitrogens is 2. The van der Waals surface area contributed by atoms with Crippen molar-refractivity contribution in [2.75, 3.05) is 18.0 Å². The number of anilines is 1. The highest BCUT2D eigenvalue weighted by molar-refractivity contribution is 7.21. The molecule has 1 aliphatic rings. The maximum Gasteiger partial charge on any atom is 0.326 e. The van der Waals surface area contributed by atoms with Gasteiger partial charge in [-0.1, -0.05) is 6.92 Å². The van der Waals surface area contributed by atoms with E-state index < -0.39 is 0 Å². The fraction of sp³-hybridized carbons (Fsp3) is 0.500. The summed E-state index contributed by atoms with van der Waals surface area (Å²) in [7, 11) is 0. The first-order chi connectivity index (χ1) is 9.56. The van der Waals surface area contributed by atoms with E-state index in [0.29, 0.717) is 10.7 Å². The van der Waals surface area contributed by atoms with E-state index in [9.17, 15) is 10.1 Å². The average molecular weight is 293 g/mol. The molecule has 8 heteroatoms. The predicted octanol–water partition coefficient (Wildman–Crippen LogP) is 1.77. The van der Waals surface area contributed by atoms with Gasteiger partial charge in [0.2, 0.25) is 0 Å². The molecule has 1 fully saturated rings. The Balaban J connectivity index is 2.01. The van der Waals surface area contributed by atoms with Crippen molar-refractivity contribution in [2.45, 2.75) is 19.4 Å². The summed E-state index contributed by atoms with van der Waals surface area (Å²) in [5, 5.41) is 11.7. The van der Waals surface area contributed by atoms with E-state index in [4.69, 9.17) is 5.73 Å². The Labute approximate surface area is 119 Å². The third-order valence-electron chi connectivity index (χ3n) is 3.75.